The molecular formula is C15H21O5P. The third-order valence-corrected chi connectivity index (χ3v) is 2.22. The number of phenols is 1. The van der Waals surface area contributed by atoms with Gasteiger partial charge in [-0.05, 0) is 23.6 Å². The average molecular weight is 312 g/mol. The number of hydrogen-bond acceptors (Lipinski definition) is 2. The molecule has 2 rings (SSSR count). The standard InChI is InChI=1S/C9H12.C6H6O.H3O4P/c1-8(2)9-6-4-3-5-7-9;7-6-4-2-1-3-5-6;1-5(2,3)4/h3-8H,1-2H3;1-5,7H;(H3,1,2,3,4). The molecule has 0 heterocycles. The maximum atomic E-state index is 8.88. The molecule has 2 aromatic rings. The van der Waals surface area contributed by atoms with Crippen LogP contribution in [0.3, 0.4) is 0 Å². The van der Waals surface area contributed by atoms with Crippen molar-refractivity contribution in [1.82, 2.24) is 0 Å². The summed E-state index contributed by atoms with van der Waals surface area (Å²) in [5.74, 6) is 0.980. The third kappa shape index (κ3) is 14.6. The van der Waals surface area contributed by atoms with Crippen LogP contribution >= 0.6 is 7.82 Å². The summed E-state index contributed by atoms with van der Waals surface area (Å²) in [6, 6.07) is 19.2. The fourth-order valence-corrected chi connectivity index (χ4v) is 1.27. The molecule has 0 aliphatic carbocycles. The molecule has 5 nitrogen and oxygen atoms in total. The van der Waals surface area contributed by atoms with Crippen LogP contribution in [0.5, 0.6) is 5.75 Å². The van der Waals surface area contributed by atoms with Crippen LogP contribution in [-0.2, 0) is 4.57 Å². The molecule has 0 radical (unpaired) electrons. The number of hydrogen-bond donors (Lipinski definition) is 4. The molecule has 0 unspecified atom stereocenters. The first-order valence-corrected chi connectivity index (χ1v) is 7.84. The Morgan fingerprint density at radius 2 is 1.14 bits per heavy atom. The normalized spacial score (nSPS) is 10.0. The number of phenolic OH excluding ortho intramolecular Hbond substituents is 1. The number of para-hydroxylation sites is 1. The van der Waals surface area contributed by atoms with Gasteiger partial charge in [0, 0.05) is 0 Å². The lowest BCUT2D eigenvalue weighted by Gasteiger charge is -2.01. The van der Waals surface area contributed by atoms with E-state index in [2.05, 4.69) is 38.1 Å². The van der Waals surface area contributed by atoms with Crippen LogP contribution in [0.4, 0.5) is 0 Å². The zero-order valence-electron chi connectivity index (χ0n) is 12.0. The summed E-state index contributed by atoms with van der Waals surface area (Å²) in [4.78, 5) is 21.6. The maximum Gasteiger partial charge on any atom is 0.466 e. The van der Waals surface area contributed by atoms with Gasteiger partial charge >= 0.3 is 7.82 Å². The molecule has 0 aliphatic heterocycles. The van der Waals surface area contributed by atoms with E-state index in [0.29, 0.717) is 11.7 Å². The smallest absolute Gasteiger partial charge is 0.466 e. The molecule has 0 saturated heterocycles. The second kappa shape index (κ2) is 10.1. The summed E-state index contributed by atoms with van der Waals surface area (Å²) in [5, 5.41) is 8.63. The van der Waals surface area contributed by atoms with E-state index < -0.39 is 7.82 Å². The number of phosphoric acid groups is 1. The summed E-state index contributed by atoms with van der Waals surface area (Å²) < 4.78 is 8.88. The van der Waals surface area contributed by atoms with Gasteiger partial charge in [0.15, 0.2) is 0 Å². The molecule has 6 heteroatoms. The van der Waals surface area contributed by atoms with Gasteiger partial charge in [0.05, 0.1) is 0 Å². The fourth-order valence-electron chi connectivity index (χ4n) is 1.27. The van der Waals surface area contributed by atoms with Crippen molar-refractivity contribution < 1.29 is 24.4 Å². The van der Waals surface area contributed by atoms with Crippen molar-refractivity contribution in [2.45, 2.75) is 19.8 Å². The van der Waals surface area contributed by atoms with Crippen LogP contribution in [-0.4, -0.2) is 19.8 Å². The van der Waals surface area contributed by atoms with Gasteiger partial charge < -0.3 is 19.8 Å². The molecule has 0 atom stereocenters. The van der Waals surface area contributed by atoms with E-state index in [9.17, 15) is 0 Å². The monoisotopic (exact) mass is 312 g/mol. The van der Waals surface area contributed by atoms with Gasteiger partial charge in [-0.1, -0.05) is 62.4 Å². The molecule has 116 valence electrons. The van der Waals surface area contributed by atoms with Crippen molar-refractivity contribution in [1.29, 1.82) is 0 Å². The minimum Gasteiger partial charge on any atom is -0.508 e. The Bertz CT molecular complexity index is 514. The summed E-state index contributed by atoms with van der Waals surface area (Å²) in [7, 11) is -4.64. The van der Waals surface area contributed by atoms with Crippen molar-refractivity contribution in [3.63, 3.8) is 0 Å². The fraction of sp³-hybridized carbons (Fsp3) is 0.200. The lowest BCUT2D eigenvalue weighted by molar-refractivity contribution is 0.275. The first kappa shape index (κ1) is 19.4. The SMILES string of the molecule is CC(C)c1ccccc1.O=P(O)(O)O.Oc1ccccc1. The Kier molecular flexibility index (Phi) is 9.34. The molecule has 2 aromatic carbocycles. The molecule has 0 bridgehead atoms. The van der Waals surface area contributed by atoms with Gasteiger partial charge in [-0.15, -0.1) is 0 Å². The lowest BCUT2D eigenvalue weighted by atomic mass is 10.0. The first-order valence-electron chi connectivity index (χ1n) is 6.27. The summed E-state index contributed by atoms with van der Waals surface area (Å²) in [5.41, 5.74) is 1.41. The van der Waals surface area contributed by atoms with E-state index in [-0.39, 0.29) is 0 Å². The highest BCUT2D eigenvalue weighted by Gasteiger charge is 2.00. The van der Waals surface area contributed by atoms with E-state index in [4.69, 9.17) is 24.4 Å². The molecule has 0 saturated carbocycles. The highest BCUT2D eigenvalue weighted by atomic mass is 31.2. The van der Waals surface area contributed by atoms with Crippen molar-refractivity contribution in [2.24, 2.45) is 0 Å². The molecule has 0 spiro atoms. The lowest BCUT2D eigenvalue weighted by Crippen LogP contribution is -1.83. The van der Waals surface area contributed by atoms with Gasteiger partial charge in [0.2, 0.25) is 0 Å². The van der Waals surface area contributed by atoms with Gasteiger partial charge in [0.1, 0.15) is 5.75 Å². The largest absolute Gasteiger partial charge is 0.508 e. The Labute approximate surface area is 124 Å². The third-order valence-electron chi connectivity index (χ3n) is 2.22. The van der Waals surface area contributed by atoms with Crippen molar-refractivity contribution in [3.8, 4) is 5.75 Å². The Hall–Kier alpha value is -1.65. The predicted molar refractivity (Wildman–Crippen MR) is 82.9 cm³/mol. The van der Waals surface area contributed by atoms with E-state index in [1.165, 1.54) is 5.56 Å². The summed E-state index contributed by atoms with van der Waals surface area (Å²) in [6.45, 7) is 4.41. The van der Waals surface area contributed by atoms with Crippen molar-refractivity contribution in [2.75, 3.05) is 0 Å². The van der Waals surface area contributed by atoms with Gasteiger partial charge in [-0.2, -0.15) is 0 Å². The van der Waals surface area contributed by atoms with E-state index in [1.54, 1.807) is 24.3 Å². The predicted octanol–water partition coefficient (Wildman–Crippen LogP) is 3.27. The minimum atomic E-state index is -4.64. The summed E-state index contributed by atoms with van der Waals surface area (Å²) >= 11 is 0. The number of rotatable bonds is 1. The molecule has 21 heavy (non-hydrogen) atoms. The molecule has 4 N–H and O–H groups in total. The van der Waals surface area contributed by atoms with E-state index >= 15 is 0 Å². The molecular weight excluding hydrogens is 291 g/mol. The van der Waals surface area contributed by atoms with Gasteiger partial charge in [0.25, 0.3) is 0 Å². The Morgan fingerprint density at radius 1 is 0.810 bits per heavy atom. The highest BCUT2D eigenvalue weighted by molar-refractivity contribution is 7.45. The summed E-state index contributed by atoms with van der Waals surface area (Å²) in [6.07, 6.45) is 0. The second-order valence-electron chi connectivity index (χ2n) is 4.41. The minimum absolute atomic E-state index is 0.322. The van der Waals surface area contributed by atoms with Crippen LogP contribution in [0.15, 0.2) is 60.7 Å². The number of aromatic hydroxyl groups is 1. The maximum absolute atomic E-state index is 8.88. The Morgan fingerprint density at radius 3 is 1.33 bits per heavy atom. The number of benzene rings is 2. The zero-order valence-corrected chi connectivity index (χ0v) is 12.9. The van der Waals surface area contributed by atoms with Crippen LogP contribution < -0.4 is 0 Å². The second-order valence-corrected chi connectivity index (χ2v) is 5.44. The molecule has 0 aliphatic rings. The van der Waals surface area contributed by atoms with Crippen molar-refractivity contribution >= 4 is 7.82 Å². The molecule has 0 fully saturated rings. The van der Waals surface area contributed by atoms with Gasteiger partial charge in [-0.25, -0.2) is 4.57 Å². The quantitative estimate of drug-likeness (QED) is 0.606. The van der Waals surface area contributed by atoms with E-state index in [0.717, 1.165) is 0 Å². The average Bonchev–Trinajstić information content (AvgIpc) is 2.39. The first-order chi connectivity index (χ1) is 9.70. The molecule has 0 amide bonds. The highest BCUT2D eigenvalue weighted by Crippen LogP contribution is 2.25. The molecule has 0 aromatic heterocycles. The van der Waals surface area contributed by atoms with Crippen LogP contribution in [0.1, 0.15) is 25.3 Å². The Balaban J connectivity index is 0.000000300. The van der Waals surface area contributed by atoms with Crippen LogP contribution in [0.2, 0.25) is 0 Å². The van der Waals surface area contributed by atoms with Crippen molar-refractivity contribution in [3.05, 3.63) is 66.2 Å². The van der Waals surface area contributed by atoms with Gasteiger partial charge in [-0.3, -0.25) is 0 Å². The zero-order chi connectivity index (χ0) is 16.3. The van der Waals surface area contributed by atoms with Crippen LogP contribution in [0, 0.1) is 0 Å². The van der Waals surface area contributed by atoms with E-state index in [1.807, 2.05) is 12.1 Å². The van der Waals surface area contributed by atoms with Crippen LogP contribution in [0.25, 0.3) is 0 Å². The topological polar surface area (TPSA) is 98.0 Å².